The second-order valence-electron chi connectivity index (χ2n) is 14.5. The van der Waals surface area contributed by atoms with Gasteiger partial charge in [-0.1, -0.05) is 151 Å². The van der Waals surface area contributed by atoms with Crippen LogP contribution in [0.3, 0.4) is 0 Å². The topological polar surface area (TPSA) is 158 Å². The van der Waals surface area contributed by atoms with E-state index >= 15 is 0 Å². The van der Waals surface area contributed by atoms with E-state index < -0.39 is 34.5 Å². The van der Waals surface area contributed by atoms with Gasteiger partial charge in [0.05, 0.1) is 21.5 Å². The van der Waals surface area contributed by atoms with E-state index in [1.165, 1.54) is 22.3 Å². The molecule has 0 spiro atoms. The number of hydrogen-bond acceptors (Lipinski definition) is 9. The van der Waals surface area contributed by atoms with Gasteiger partial charge in [0, 0.05) is 22.6 Å². The molecule has 7 N–H and O–H groups in total. The molecule has 1 heterocycles. The number of phenolic OH excluding ortho intramolecular Hbond substituents is 6. The van der Waals surface area contributed by atoms with E-state index in [1.54, 1.807) is 6.07 Å². The molecule has 0 aliphatic heterocycles. The van der Waals surface area contributed by atoms with Crippen molar-refractivity contribution in [1.29, 1.82) is 5.41 Å². The Balaban J connectivity index is 0.000000190. The summed E-state index contributed by atoms with van der Waals surface area (Å²) in [6.45, 7) is 6.25. The van der Waals surface area contributed by atoms with Crippen LogP contribution >= 0.6 is 11.3 Å². The van der Waals surface area contributed by atoms with E-state index in [0.29, 0.717) is 5.56 Å². The minimum absolute atomic E-state index is 0.0318. The van der Waals surface area contributed by atoms with Crippen LogP contribution in [-0.2, 0) is 6.54 Å². The fourth-order valence-corrected chi connectivity index (χ4v) is 9.03. The second-order valence-corrected chi connectivity index (χ2v) is 15.5. The predicted molar refractivity (Wildman–Crippen MR) is 251 cm³/mol. The van der Waals surface area contributed by atoms with Crippen LogP contribution in [-0.4, -0.2) is 43.6 Å². The third-order valence-electron chi connectivity index (χ3n) is 10.7. The Kier molecular flexibility index (Phi) is 11.0. The largest absolute Gasteiger partial charge is 0.506 e. The molecule has 0 radical (unpaired) electrons. The zero-order valence-electron chi connectivity index (χ0n) is 33.0. The Labute approximate surface area is 355 Å². The lowest BCUT2D eigenvalue weighted by atomic mass is 9.91. The number of fused-ring (bicyclic) bond motifs is 9. The van der Waals surface area contributed by atoms with E-state index in [2.05, 4.69) is 73.2 Å². The van der Waals surface area contributed by atoms with Crippen molar-refractivity contribution in [3.05, 3.63) is 168 Å². The summed E-state index contributed by atoms with van der Waals surface area (Å²) < 4.78 is 0.0707. The molecule has 0 aliphatic rings. The molecule has 0 aliphatic carbocycles. The predicted octanol–water partition coefficient (Wildman–Crippen LogP) is 13.0. The van der Waals surface area contributed by atoms with Crippen molar-refractivity contribution in [2.24, 2.45) is 4.99 Å². The van der Waals surface area contributed by atoms with Crippen molar-refractivity contribution < 1.29 is 30.6 Å². The smallest absolute Gasteiger partial charge is 0.202 e. The minimum Gasteiger partial charge on any atom is -0.506 e. The van der Waals surface area contributed by atoms with Gasteiger partial charge in [-0.25, -0.2) is 0 Å². The second kappa shape index (κ2) is 16.8. The van der Waals surface area contributed by atoms with Crippen LogP contribution in [0.1, 0.15) is 16.7 Å². The van der Waals surface area contributed by atoms with Gasteiger partial charge in [-0.3, -0.25) is 4.99 Å². The Bertz CT molecular complexity index is 3260. The molecule has 300 valence electrons. The molecule has 0 bridgehead atoms. The van der Waals surface area contributed by atoms with Gasteiger partial charge in [-0.05, 0) is 74.3 Å². The Morgan fingerprint density at radius 2 is 1.02 bits per heavy atom. The summed E-state index contributed by atoms with van der Waals surface area (Å²) in [5.41, 5.74) is 5.34. The zero-order valence-corrected chi connectivity index (χ0v) is 33.8. The van der Waals surface area contributed by atoms with Crippen LogP contribution in [0.4, 0.5) is 0 Å². The van der Waals surface area contributed by atoms with Gasteiger partial charge in [0.25, 0.3) is 0 Å². The molecular formula is C52H40N2O6S. The molecular weight excluding hydrogens is 781 g/mol. The van der Waals surface area contributed by atoms with Crippen molar-refractivity contribution in [2.45, 2.75) is 13.5 Å². The Morgan fingerprint density at radius 3 is 1.61 bits per heavy atom. The molecule has 0 saturated carbocycles. The molecule has 10 aromatic rings. The van der Waals surface area contributed by atoms with Crippen LogP contribution in [0, 0.1) is 12.3 Å². The Hall–Kier alpha value is -7.88. The first kappa shape index (κ1) is 39.9. The number of aryl methyl sites for hydroxylation is 1. The average Bonchev–Trinajstić information content (AvgIpc) is 3.70. The molecule has 61 heavy (non-hydrogen) atoms. The normalized spacial score (nSPS) is 11.0. The maximum absolute atomic E-state index is 11.6. The first-order valence-electron chi connectivity index (χ1n) is 19.3. The zero-order chi connectivity index (χ0) is 42.8. The fourth-order valence-electron chi connectivity index (χ4n) is 7.82. The summed E-state index contributed by atoms with van der Waals surface area (Å²) in [4.78, 5) is 3.76. The lowest BCUT2D eigenvalue weighted by molar-refractivity contribution is 0.371. The number of phenols is 6. The average molecular weight is 821 g/mol. The van der Waals surface area contributed by atoms with Crippen molar-refractivity contribution in [2.75, 3.05) is 0 Å². The molecule has 0 unspecified atom stereocenters. The number of aliphatic imine (C=N–C) groups is 1. The summed E-state index contributed by atoms with van der Waals surface area (Å²) in [5, 5.41) is 78.7. The van der Waals surface area contributed by atoms with Gasteiger partial charge >= 0.3 is 0 Å². The number of hydrogen-bond donors (Lipinski definition) is 7. The summed E-state index contributed by atoms with van der Waals surface area (Å²) in [6.07, 6.45) is 0.791. The summed E-state index contributed by atoms with van der Waals surface area (Å²) in [6, 6.07) is 50.6. The molecule has 1 aromatic heterocycles. The van der Waals surface area contributed by atoms with E-state index in [9.17, 15) is 30.6 Å². The van der Waals surface area contributed by atoms with Gasteiger partial charge < -0.3 is 36.0 Å². The van der Waals surface area contributed by atoms with Crippen LogP contribution in [0.15, 0.2) is 157 Å². The highest BCUT2D eigenvalue weighted by Gasteiger charge is 2.29. The van der Waals surface area contributed by atoms with Gasteiger partial charge in [0.15, 0.2) is 23.0 Å². The minimum atomic E-state index is -0.815. The maximum atomic E-state index is 11.6. The molecule has 9 heteroatoms. The Morgan fingerprint density at radius 1 is 0.492 bits per heavy atom. The highest BCUT2D eigenvalue weighted by Crippen LogP contribution is 2.58. The van der Waals surface area contributed by atoms with Crippen molar-refractivity contribution in [3.8, 4) is 56.8 Å². The van der Waals surface area contributed by atoms with Crippen LogP contribution < -0.4 is 0 Å². The van der Waals surface area contributed by atoms with Crippen LogP contribution in [0.25, 0.3) is 74.7 Å². The summed E-state index contributed by atoms with van der Waals surface area (Å²) >= 11 is 0.811. The van der Waals surface area contributed by atoms with Crippen molar-refractivity contribution in [1.82, 2.24) is 0 Å². The van der Waals surface area contributed by atoms with E-state index in [4.69, 9.17) is 5.41 Å². The lowest BCUT2D eigenvalue weighted by Gasteiger charge is -2.15. The van der Waals surface area contributed by atoms with Crippen LogP contribution in [0.5, 0.6) is 34.5 Å². The molecule has 10 rings (SSSR count). The van der Waals surface area contributed by atoms with Crippen LogP contribution in [0.2, 0.25) is 0 Å². The number of rotatable bonds is 5. The number of aromatic hydroxyl groups is 6. The van der Waals surface area contributed by atoms with Gasteiger partial charge in [-0.15, -0.1) is 11.3 Å². The molecule has 0 atom stereocenters. The van der Waals surface area contributed by atoms with E-state index in [1.807, 2.05) is 91.0 Å². The fraction of sp³-hybridized carbons (Fsp3) is 0.0385. The van der Waals surface area contributed by atoms with Crippen molar-refractivity contribution in [3.63, 3.8) is 0 Å². The quantitative estimate of drug-likeness (QED) is 0.0396. The molecule has 0 amide bonds. The first-order valence-corrected chi connectivity index (χ1v) is 20.2. The third kappa shape index (κ3) is 7.28. The molecule has 0 saturated heterocycles. The van der Waals surface area contributed by atoms with Crippen molar-refractivity contribution >= 4 is 76.8 Å². The SMILES string of the molecule is C=NCc1ccccc1.Cc1cccc(-c2ccccc2)c1.N=Cc1c(O)c(O)c(O)c2sc3c(O)c(O)c(-c4ccc5c6ccccc6c6ccccc6c5c4)c(O)c3c12. The van der Waals surface area contributed by atoms with E-state index in [-0.39, 0.29) is 31.3 Å². The van der Waals surface area contributed by atoms with Gasteiger partial charge in [0.1, 0.15) is 5.75 Å². The maximum Gasteiger partial charge on any atom is 0.202 e. The standard InChI is InChI=1S/C31H19NO6S.C13H12.C8H9N/c32-12-20-22-23-25(34)21(26(35)28(37)31(23)39-30(22)29(38)27(36)24(20)33)13-9-10-18-16-7-2-1-5-14(16)15-6-3-4-8-17(15)19(18)11-13;1-11-6-5-9-13(10-11)12-7-3-2-4-8-12;1-9-7-8-5-3-2-4-6-8/h1-12,32-38H;2-10H,1H3;2-6H,1,7H2. The van der Waals surface area contributed by atoms with Gasteiger partial charge in [-0.2, -0.15) is 0 Å². The highest BCUT2D eigenvalue weighted by atomic mass is 32.1. The number of benzene rings is 9. The summed E-state index contributed by atoms with van der Waals surface area (Å²) in [7, 11) is 0. The van der Waals surface area contributed by atoms with Gasteiger partial charge in [0.2, 0.25) is 5.75 Å². The highest BCUT2D eigenvalue weighted by molar-refractivity contribution is 7.26. The third-order valence-corrected chi connectivity index (χ3v) is 11.9. The summed E-state index contributed by atoms with van der Waals surface area (Å²) in [5.74, 6) is -3.68. The molecule has 8 nitrogen and oxygen atoms in total. The monoisotopic (exact) mass is 820 g/mol. The number of nitrogens with one attached hydrogen (secondary N) is 1. The molecule has 9 aromatic carbocycles. The van der Waals surface area contributed by atoms with E-state index in [0.717, 1.165) is 56.4 Å². The number of nitrogens with zero attached hydrogens (tertiary/aromatic N) is 1. The molecule has 0 fully saturated rings. The lowest BCUT2D eigenvalue weighted by Crippen LogP contribution is -1.88. The first-order chi connectivity index (χ1) is 29.6. The number of thiophene rings is 1.